The third kappa shape index (κ3) is 8.82. The van der Waals surface area contributed by atoms with Gasteiger partial charge in [-0.3, -0.25) is 13.7 Å². The number of imidazole rings is 1. The van der Waals surface area contributed by atoms with Gasteiger partial charge in [0, 0.05) is 49.2 Å². The first-order valence-electron chi connectivity index (χ1n) is 45.3. The normalized spacial score (nSPS) is 20.4. The van der Waals surface area contributed by atoms with Crippen molar-refractivity contribution in [2.24, 2.45) is 0 Å². The molecule has 3 aromatic heterocycles. The average Bonchev–Trinajstić information content (AvgIpc) is 1.64. The molecule has 11 aromatic carbocycles. The quantitative estimate of drug-likeness (QED) is 0.0529. The van der Waals surface area contributed by atoms with Crippen molar-refractivity contribution in [1.29, 1.82) is 0 Å². The second-order valence-corrected chi connectivity index (χ2v) is 24.0. The minimum absolute atomic E-state index is 0.0149. The Balaban J connectivity index is 1.06. The molecule has 1 aliphatic rings. The van der Waals surface area contributed by atoms with Crippen molar-refractivity contribution in [2.75, 3.05) is 0 Å². The Morgan fingerprint density at radius 3 is 1.86 bits per heavy atom. The van der Waals surface area contributed by atoms with E-state index in [1.54, 1.807) is 89.5 Å². The van der Waals surface area contributed by atoms with Crippen LogP contribution in [0.4, 0.5) is 0 Å². The minimum atomic E-state index is -6.63. The van der Waals surface area contributed by atoms with Crippen molar-refractivity contribution >= 4 is 61.7 Å². The van der Waals surface area contributed by atoms with Gasteiger partial charge in [0.2, 0.25) is 0 Å². The predicted molar refractivity (Wildman–Crippen MR) is 358 cm³/mol. The van der Waals surface area contributed by atoms with Crippen molar-refractivity contribution in [2.45, 2.75) is 51.5 Å². The number of pyridine rings is 1. The highest BCUT2D eigenvalue weighted by Crippen LogP contribution is 2.51. The highest BCUT2D eigenvalue weighted by atomic mass is 28.3. The molecular weight excluding hydrogens is 1060 g/mol. The zero-order chi connectivity index (χ0) is 89.8. The van der Waals surface area contributed by atoms with Crippen LogP contribution in [0, 0.1) is 13.2 Å². The molecule has 0 saturated heterocycles. The number of hydrogen-bond acceptors (Lipinski definition) is 2. The molecule has 86 heavy (non-hydrogen) atoms. The molecule has 5 nitrogen and oxygen atoms in total. The van der Waals surface area contributed by atoms with Gasteiger partial charge in [-0.25, -0.2) is 4.98 Å². The van der Waals surface area contributed by atoms with Gasteiger partial charge in [0.1, 0.15) is 17.3 Å². The Kier molecular flexibility index (Phi) is 6.41. The molecule has 3 heterocycles. The lowest BCUT2D eigenvalue weighted by atomic mass is 9.82. The highest BCUT2D eigenvalue weighted by Gasteiger charge is 2.43. The molecule has 15 rings (SSSR count). The molecule has 0 atom stereocenters. The van der Waals surface area contributed by atoms with Gasteiger partial charge in [-0.2, -0.15) is 0 Å². The van der Waals surface area contributed by atoms with E-state index in [1.807, 2.05) is 24.3 Å². The molecule has 0 saturated carbocycles. The Labute approximate surface area is 556 Å². The summed E-state index contributed by atoms with van der Waals surface area (Å²) in [4.78, 5) is 4.84. The fourth-order valence-corrected chi connectivity index (χ4v) is 15.1. The van der Waals surface area contributed by atoms with Crippen LogP contribution in [0.1, 0.15) is 101 Å². The van der Waals surface area contributed by atoms with Crippen LogP contribution in [0.3, 0.4) is 0 Å². The van der Waals surface area contributed by atoms with E-state index in [-0.39, 0.29) is 39.6 Å². The third-order valence-electron chi connectivity index (χ3n) is 15.3. The maximum absolute atomic E-state index is 11.0. The summed E-state index contributed by atoms with van der Waals surface area (Å²) >= 11 is 0. The molecule has 0 aliphatic heterocycles. The van der Waals surface area contributed by atoms with Gasteiger partial charge in [-0.05, 0) is 132 Å². The van der Waals surface area contributed by atoms with Crippen LogP contribution >= 0.6 is 0 Å². The maximum Gasteiger partial charge on any atom is 0.269 e. The van der Waals surface area contributed by atoms with Crippen molar-refractivity contribution in [3.63, 3.8) is 0 Å². The predicted octanol–water partition coefficient (Wildman–Crippen LogP) is 16.6. The van der Waals surface area contributed by atoms with Crippen molar-refractivity contribution in [3.8, 4) is 62.1 Å². The lowest BCUT2D eigenvalue weighted by molar-refractivity contribution is -0.571. The Morgan fingerprint density at radius 1 is 0.512 bits per heavy atom. The molecule has 6 heteroatoms. The molecule has 1 aliphatic carbocycles. The number of ether oxygens (including phenoxy) is 1. The molecule has 0 radical (unpaired) electrons. The summed E-state index contributed by atoms with van der Waals surface area (Å²) in [7, 11) is -6.63. The summed E-state index contributed by atoms with van der Waals surface area (Å²) in [6, 6.07) is 10.6. The van der Waals surface area contributed by atoms with Crippen molar-refractivity contribution < 1.29 is 60.0 Å². The highest BCUT2D eigenvalue weighted by molar-refractivity contribution is 7.19. The maximum atomic E-state index is 11.0. The van der Waals surface area contributed by atoms with Gasteiger partial charge in [-0.1, -0.05) is 257 Å². The van der Waals surface area contributed by atoms with Crippen LogP contribution in [0.25, 0.3) is 83.4 Å². The van der Waals surface area contributed by atoms with Crippen LogP contribution in [-0.2, 0) is 10.8 Å². The number of aryl methyl sites for hydroxylation is 1. The van der Waals surface area contributed by atoms with Gasteiger partial charge in [0.25, 0.3) is 6.33 Å². The summed E-state index contributed by atoms with van der Waals surface area (Å²) in [5.41, 5.74) is -11.3. The lowest BCUT2D eigenvalue weighted by Gasteiger charge is -2.34. The molecular formula is C80H64N4OSi. The molecule has 0 amide bonds. The molecule has 0 N–H and O–H groups in total. The number of benzene rings is 11. The van der Waals surface area contributed by atoms with Gasteiger partial charge < -0.3 is 4.74 Å². The van der Waals surface area contributed by atoms with Gasteiger partial charge in [0.15, 0.2) is 8.07 Å². The van der Waals surface area contributed by atoms with E-state index >= 15 is 0 Å². The standard InChI is InChI=1S/C80H64N4OSi/c1-55-47-77(81-52-70(55)56-25-10-6-11-26-56)84-73-40-19-18-37-68(73)69-45-44-61(51-76(69)84)85-60-29-23-28-59(50-60)82-54-83(75-42-21-20-41-74(75)82)78-66(38-24-39-67(78)58-43-46-71-72(49-58)80(4,5)53-79(71,2)3)57-27-22-36-65(48-57)86(62-30-12-7-13-31-62,63-32-14-8-15-33-63)64-34-16-9-17-35-64/h6-52H,53H2,1-5H3/i1D3,2D3,3D3,4D3,5D3,7D,8D,9D,12D,13D,14D,15D,16D,17D,22D,27D,30D,31D,32D,33D,34D,35D,36D,43D,46D,48D,49D. The number of aromatic nitrogens is 4. The fourth-order valence-electron chi connectivity index (χ4n) is 11.6. The SMILES string of the molecule is [2H]c1c([2H])c([2H])c([Si](c2c([2H])c([2H])c([2H])c([2H])c2[2H])(c2c([2H])c([2H])c([2H])c([2H])c2[2H])c2c([2H])c([2H])c([2H])c(-c3cccc(-c4c([2H])c([2H])c5c(c4[2H])C(C([2H])([2H])[2H])(C([2H])([2H])[2H])CC5(C([2H])([2H])[2H])C([2H])([2H])[2H])c3-[n+]3[c-]n(-c4cccc(Oc5ccc6c7ccccc7n(-c7cc(C([2H])([2H])[2H])c(-c8ccccc8)cn7)c6c5)c4)c4ccccc43)c2[2H])c([2H])c1[2H]. The van der Waals surface area contributed by atoms with Crippen LogP contribution in [0.15, 0.2) is 285 Å². The van der Waals surface area contributed by atoms with Crippen LogP contribution < -0.4 is 30.1 Å². The van der Waals surface area contributed by atoms with E-state index in [1.165, 1.54) is 29.0 Å². The number of nitrogens with zero attached hydrogens (tertiary/aromatic N) is 4. The zero-order valence-corrected chi connectivity index (χ0v) is 45.8. The molecule has 0 unspecified atom stereocenters. The van der Waals surface area contributed by atoms with E-state index in [0.29, 0.717) is 22.2 Å². The second kappa shape index (κ2) is 20.9. The molecule has 0 spiro atoms. The molecule has 14 aromatic rings. The van der Waals surface area contributed by atoms with E-state index in [9.17, 15) is 26.0 Å². The largest absolute Gasteiger partial charge is 0.458 e. The summed E-state index contributed by atoms with van der Waals surface area (Å²) in [5, 5.41) is -3.34. The number of para-hydroxylation sites is 4. The smallest absolute Gasteiger partial charge is 0.269 e. The molecule has 0 fully saturated rings. The van der Waals surface area contributed by atoms with Crippen molar-refractivity contribution in [1.82, 2.24) is 14.1 Å². The second-order valence-electron chi connectivity index (χ2n) is 20.5. The monoisotopic (exact) mass is 1160 g/mol. The Bertz CT molecular complexity index is 6580. The van der Waals surface area contributed by atoms with Gasteiger partial charge >= 0.3 is 0 Å². The Hall–Kier alpha value is -10.1. The summed E-state index contributed by atoms with van der Waals surface area (Å²) < 4.78 is 358. The van der Waals surface area contributed by atoms with E-state index < -0.39 is 252 Å². The van der Waals surface area contributed by atoms with Crippen molar-refractivity contribution in [3.05, 3.63) is 308 Å². The van der Waals surface area contributed by atoms with E-state index in [2.05, 4.69) is 6.33 Å². The lowest BCUT2D eigenvalue weighted by Crippen LogP contribution is -2.74. The number of rotatable bonds is 12. The van der Waals surface area contributed by atoms with Crippen LogP contribution in [0.5, 0.6) is 11.5 Å². The van der Waals surface area contributed by atoms with Crippen LogP contribution in [0.2, 0.25) is 0 Å². The van der Waals surface area contributed by atoms with Gasteiger partial charge in [-0.15, -0.1) is 0 Å². The van der Waals surface area contributed by atoms with Gasteiger partial charge in [0.05, 0.1) is 63.6 Å². The molecule has 0 bridgehead atoms. The van der Waals surface area contributed by atoms with Crippen LogP contribution in [-0.4, -0.2) is 22.2 Å². The fraction of sp³-hybridized carbons (Fsp3) is 0.100. The van der Waals surface area contributed by atoms with E-state index in [0.717, 1.165) is 33.5 Å². The first kappa shape index (κ1) is 26.4. The summed E-state index contributed by atoms with van der Waals surface area (Å²) in [6.07, 6.45) is 2.92. The van der Waals surface area contributed by atoms with E-state index in [4.69, 9.17) is 34.4 Å². The minimum Gasteiger partial charge on any atom is -0.458 e. The summed E-state index contributed by atoms with van der Waals surface area (Å²) in [5.74, 6) is 0.620. The first-order valence-corrected chi connectivity index (χ1v) is 28.8. The molecule has 414 valence electrons. The number of hydrogen-bond donors (Lipinski definition) is 0. The average molecular weight is 1160 g/mol. The topological polar surface area (TPSA) is 35.9 Å². The zero-order valence-electron chi connectivity index (χ0n) is 81.8. The number of fused-ring (bicyclic) bond motifs is 5. The Morgan fingerprint density at radius 2 is 1.14 bits per heavy atom. The third-order valence-corrected chi connectivity index (χ3v) is 19.3. The first-order chi connectivity index (χ1) is 57.4. The summed E-state index contributed by atoms with van der Waals surface area (Å²) in [6.45, 7) is -18.5.